The lowest BCUT2D eigenvalue weighted by Crippen LogP contribution is -2.49. The molecule has 5 atom stereocenters. The molecule has 4 unspecified atom stereocenters. The molecule has 2 aromatic rings. The lowest BCUT2D eigenvalue weighted by Gasteiger charge is -2.35. The second-order valence-electron chi connectivity index (χ2n) is 8.68. The second kappa shape index (κ2) is 8.58. The van der Waals surface area contributed by atoms with Crippen molar-refractivity contribution < 1.29 is 4.39 Å². The van der Waals surface area contributed by atoms with E-state index >= 15 is 0 Å². The number of rotatable bonds is 5. The van der Waals surface area contributed by atoms with Crippen molar-refractivity contribution in [2.24, 2.45) is 5.92 Å². The van der Waals surface area contributed by atoms with Gasteiger partial charge in [0, 0.05) is 62.0 Å². The average Bonchev–Trinajstić information content (AvgIpc) is 3.41. The Balaban J connectivity index is 1.32. The number of anilines is 1. The number of aromatic nitrogens is 3. The Bertz CT molecular complexity index is 857. The first-order chi connectivity index (χ1) is 14.7. The van der Waals surface area contributed by atoms with Crippen LogP contribution in [0.15, 0.2) is 30.6 Å². The lowest BCUT2D eigenvalue weighted by atomic mass is 9.82. The fraction of sp³-hybridized carbons (Fsp3) is 0.619. The minimum Gasteiger partial charge on any atom is -0.354 e. The van der Waals surface area contributed by atoms with Crippen LogP contribution in [0.25, 0.3) is 0 Å². The summed E-state index contributed by atoms with van der Waals surface area (Å²) in [6, 6.07) is 7.60. The monoisotopic (exact) mass is 414 g/mol. The Morgan fingerprint density at radius 3 is 3.03 bits per heavy atom. The molecule has 0 spiro atoms. The van der Waals surface area contributed by atoms with Crippen LogP contribution in [0, 0.1) is 5.92 Å². The van der Waals surface area contributed by atoms with E-state index in [0.717, 1.165) is 49.7 Å². The van der Waals surface area contributed by atoms with E-state index in [4.69, 9.17) is 4.98 Å². The van der Waals surface area contributed by atoms with Crippen LogP contribution in [0.2, 0.25) is 0 Å². The van der Waals surface area contributed by atoms with Gasteiger partial charge in [-0.1, -0.05) is 6.07 Å². The summed E-state index contributed by atoms with van der Waals surface area (Å²) >= 11 is 0. The van der Waals surface area contributed by atoms with Crippen molar-refractivity contribution in [1.82, 2.24) is 36.2 Å². The topological polar surface area (TPSA) is 82.1 Å². The number of hydrogen-bond acceptors (Lipinski definition) is 7. The molecule has 0 aromatic carbocycles. The third kappa shape index (κ3) is 3.94. The number of piperazine rings is 1. The van der Waals surface area contributed by atoms with Gasteiger partial charge in [-0.25, -0.2) is 14.8 Å². The van der Waals surface area contributed by atoms with Crippen LogP contribution in [-0.4, -0.2) is 59.7 Å². The summed E-state index contributed by atoms with van der Waals surface area (Å²) in [5, 5.41) is 11.4. The molecule has 30 heavy (non-hydrogen) atoms. The maximum Gasteiger partial charge on any atom is 0.128 e. The molecule has 0 aliphatic carbocycles. The first-order valence-corrected chi connectivity index (χ1v) is 11.0. The molecule has 8 nitrogen and oxygen atoms in total. The first-order valence-electron chi connectivity index (χ1n) is 11.0. The largest absolute Gasteiger partial charge is 0.354 e. The molecule has 9 heteroatoms. The van der Waals surface area contributed by atoms with Crippen molar-refractivity contribution in [1.29, 1.82) is 0 Å². The highest BCUT2D eigenvalue weighted by Gasteiger charge is 2.42. The van der Waals surface area contributed by atoms with E-state index in [2.05, 4.69) is 56.6 Å². The Morgan fingerprint density at radius 2 is 2.17 bits per heavy atom. The summed E-state index contributed by atoms with van der Waals surface area (Å²) in [5.74, 6) is 1.48. The van der Waals surface area contributed by atoms with Gasteiger partial charge in [-0.05, 0) is 25.5 Å². The third-order valence-corrected chi connectivity index (χ3v) is 6.60. The number of aryl methyl sites for hydroxylation is 1. The van der Waals surface area contributed by atoms with E-state index < -0.39 is 6.67 Å². The first kappa shape index (κ1) is 19.9. The van der Waals surface area contributed by atoms with Crippen LogP contribution in [0.5, 0.6) is 0 Å². The molecular weight excluding hydrogens is 383 g/mol. The minimum atomic E-state index is -0.395. The number of alkyl halides is 1. The predicted octanol–water partition coefficient (Wildman–Crippen LogP) is 0.914. The number of nitrogens with zero attached hydrogens (tertiary/aromatic N) is 4. The molecule has 3 aliphatic rings. The van der Waals surface area contributed by atoms with Crippen LogP contribution in [0.4, 0.5) is 10.2 Å². The predicted molar refractivity (Wildman–Crippen MR) is 114 cm³/mol. The van der Waals surface area contributed by atoms with E-state index in [1.165, 1.54) is 0 Å². The van der Waals surface area contributed by atoms with E-state index in [1.54, 1.807) is 4.68 Å². The summed E-state index contributed by atoms with van der Waals surface area (Å²) < 4.78 is 14.3. The maximum absolute atomic E-state index is 12.6. The van der Waals surface area contributed by atoms with Crippen LogP contribution in [0.3, 0.4) is 0 Å². The van der Waals surface area contributed by atoms with Crippen LogP contribution < -0.4 is 26.4 Å². The zero-order valence-electron chi connectivity index (χ0n) is 17.4. The number of halogens is 1. The van der Waals surface area contributed by atoms with Crippen molar-refractivity contribution in [3.63, 3.8) is 0 Å². The van der Waals surface area contributed by atoms with E-state index in [0.29, 0.717) is 24.5 Å². The van der Waals surface area contributed by atoms with Gasteiger partial charge in [0.05, 0.1) is 24.5 Å². The van der Waals surface area contributed by atoms with Gasteiger partial charge < -0.3 is 15.5 Å². The van der Waals surface area contributed by atoms with Gasteiger partial charge in [-0.3, -0.25) is 10.1 Å². The Kier molecular flexibility index (Phi) is 5.68. The quantitative estimate of drug-likeness (QED) is 0.579. The molecule has 0 bridgehead atoms. The minimum absolute atomic E-state index is 0.167. The molecule has 5 heterocycles. The molecule has 0 amide bonds. The SMILES string of the molecule is C[C@@H]1CN(c2cccc(C3NNC4CNC(c5cnn(CCF)c5)CC43)n2)CCN1. The Hall–Kier alpha value is -2.07. The van der Waals surface area contributed by atoms with Crippen molar-refractivity contribution in [2.45, 2.75) is 44.1 Å². The lowest BCUT2D eigenvalue weighted by molar-refractivity contribution is 0.265. The molecule has 0 radical (unpaired) electrons. The van der Waals surface area contributed by atoms with Gasteiger partial charge in [0.25, 0.3) is 0 Å². The summed E-state index contributed by atoms with van der Waals surface area (Å²) in [6.07, 6.45) is 4.81. The molecule has 3 saturated heterocycles. The highest BCUT2D eigenvalue weighted by Crippen LogP contribution is 2.38. The van der Waals surface area contributed by atoms with Crippen LogP contribution >= 0.6 is 0 Å². The fourth-order valence-electron chi connectivity index (χ4n) is 5.02. The number of pyridine rings is 1. The Labute approximate surface area is 176 Å². The van der Waals surface area contributed by atoms with E-state index in [-0.39, 0.29) is 12.1 Å². The number of hydrazine groups is 1. The zero-order chi connectivity index (χ0) is 20.5. The highest BCUT2D eigenvalue weighted by molar-refractivity contribution is 5.41. The molecule has 162 valence electrons. The van der Waals surface area contributed by atoms with Crippen LogP contribution in [0.1, 0.15) is 36.7 Å². The molecule has 5 rings (SSSR count). The smallest absolute Gasteiger partial charge is 0.128 e. The fourth-order valence-corrected chi connectivity index (χ4v) is 5.02. The van der Waals surface area contributed by atoms with Gasteiger partial charge in [-0.15, -0.1) is 0 Å². The third-order valence-electron chi connectivity index (χ3n) is 6.60. The highest BCUT2D eigenvalue weighted by atomic mass is 19.1. The summed E-state index contributed by atoms with van der Waals surface area (Å²) in [5.41, 5.74) is 9.18. The normalized spacial score (nSPS) is 31.7. The Morgan fingerprint density at radius 1 is 1.23 bits per heavy atom. The molecular formula is C21H31FN8. The molecule has 0 saturated carbocycles. The van der Waals surface area contributed by atoms with Gasteiger partial charge in [-0.2, -0.15) is 5.10 Å². The van der Waals surface area contributed by atoms with Crippen molar-refractivity contribution in [2.75, 3.05) is 37.8 Å². The van der Waals surface area contributed by atoms with E-state index in [9.17, 15) is 4.39 Å². The van der Waals surface area contributed by atoms with Crippen molar-refractivity contribution in [3.05, 3.63) is 41.9 Å². The summed E-state index contributed by atoms with van der Waals surface area (Å²) in [7, 11) is 0. The molecule has 3 aliphatic heterocycles. The molecule has 3 fully saturated rings. The van der Waals surface area contributed by atoms with Gasteiger partial charge in [0.2, 0.25) is 0 Å². The number of piperidine rings is 1. The summed E-state index contributed by atoms with van der Waals surface area (Å²) in [6.45, 7) is 5.96. The number of nitrogens with one attached hydrogen (secondary N) is 4. The van der Waals surface area contributed by atoms with E-state index in [1.807, 2.05) is 12.4 Å². The number of fused-ring (bicyclic) bond motifs is 1. The second-order valence-corrected chi connectivity index (χ2v) is 8.68. The average molecular weight is 415 g/mol. The van der Waals surface area contributed by atoms with Crippen molar-refractivity contribution >= 4 is 5.82 Å². The zero-order valence-corrected chi connectivity index (χ0v) is 17.4. The van der Waals surface area contributed by atoms with Gasteiger partial charge >= 0.3 is 0 Å². The molecule has 4 N–H and O–H groups in total. The van der Waals surface area contributed by atoms with Gasteiger partial charge in [0.1, 0.15) is 12.5 Å². The maximum atomic E-state index is 12.6. The summed E-state index contributed by atoms with van der Waals surface area (Å²) in [4.78, 5) is 7.42. The molecule has 2 aromatic heterocycles. The number of hydrogen-bond donors (Lipinski definition) is 4. The van der Waals surface area contributed by atoms with Crippen molar-refractivity contribution in [3.8, 4) is 0 Å². The van der Waals surface area contributed by atoms with Crippen LogP contribution in [-0.2, 0) is 6.54 Å². The van der Waals surface area contributed by atoms with Gasteiger partial charge in [0.15, 0.2) is 0 Å². The standard InChI is InChI=1S/C21H31FN8/c1-14-12-29(8-6-23-14)20-4-2-3-17(26-20)21-16-9-18(24-11-19(16)27-28-21)15-10-25-30(13-15)7-5-22/h2-4,10,13-14,16,18-19,21,23-24,27-28H,5-9,11-12H2,1H3/t14-,16?,18?,19?,21?/m1/s1.